The molecule has 2 rings (SSSR count). The van der Waals surface area contributed by atoms with Crippen LogP contribution in [0.4, 0.5) is 0 Å². The zero-order valence-electron chi connectivity index (χ0n) is 12.6. The molecule has 0 aromatic heterocycles. The van der Waals surface area contributed by atoms with Gasteiger partial charge in [0.25, 0.3) is 0 Å². The molecular formula is C17H19Cl2N3O. The van der Waals surface area contributed by atoms with Crippen molar-refractivity contribution in [2.24, 2.45) is 11.5 Å². The van der Waals surface area contributed by atoms with E-state index in [1.807, 2.05) is 30.3 Å². The molecule has 0 saturated heterocycles. The Bertz CT molecular complexity index is 674. The molecule has 1 amide bonds. The van der Waals surface area contributed by atoms with Crippen molar-refractivity contribution in [2.75, 3.05) is 0 Å². The molecule has 0 heterocycles. The Morgan fingerprint density at radius 3 is 2.22 bits per heavy atom. The zero-order valence-corrected chi connectivity index (χ0v) is 14.1. The summed E-state index contributed by atoms with van der Waals surface area (Å²) >= 11 is 11.8. The van der Waals surface area contributed by atoms with Crippen molar-refractivity contribution in [1.82, 2.24) is 5.32 Å². The SMILES string of the molecule is NCc1ccc(CNC(=O)[C@@H](N)Cc2ccc(Cl)c(Cl)c2)cc1. The Morgan fingerprint density at radius 2 is 1.61 bits per heavy atom. The van der Waals surface area contributed by atoms with Gasteiger partial charge >= 0.3 is 0 Å². The highest BCUT2D eigenvalue weighted by molar-refractivity contribution is 6.42. The van der Waals surface area contributed by atoms with E-state index in [9.17, 15) is 4.79 Å². The van der Waals surface area contributed by atoms with Gasteiger partial charge in [-0.05, 0) is 35.2 Å². The summed E-state index contributed by atoms with van der Waals surface area (Å²) < 4.78 is 0. The van der Waals surface area contributed by atoms with Gasteiger partial charge in [-0.2, -0.15) is 0 Å². The van der Waals surface area contributed by atoms with Crippen LogP contribution in [0.1, 0.15) is 16.7 Å². The fourth-order valence-electron chi connectivity index (χ4n) is 2.13. The molecule has 2 aromatic carbocycles. The van der Waals surface area contributed by atoms with Gasteiger partial charge < -0.3 is 16.8 Å². The summed E-state index contributed by atoms with van der Waals surface area (Å²) in [6.45, 7) is 0.930. The zero-order chi connectivity index (χ0) is 16.8. The number of carbonyl (C=O) groups excluding carboxylic acids is 1. The molecule has 0 spiro atoms. The first-order valence-corrected chi connectivity index (χ1v) is 8.00. The van der Waals surface area contributed by atoms with Crippen molar-refractivity contribution < 1.29 is 4.79 Å². The minimum absolute atomic E-state index is 0.209. The van der Waals surface area contributed by atoms with Gasteiger partial charge in [0.2, 0.25) is 5.91 Å². The molecule has 2 aromatic rings. The number of nitrogens with one attached hydrogen (secondary N) is 1. The number of halogens is 2. The number of benzene rings is 2. The summed E-state index contributed by atoms with van der Waals surface area (Å²) in [6, 6.07) is 12.3. The molecule has 0 saturated carbocycles. The average Bonchev–Trinajstić information content (AvgIpc) is 2.56. The second kappa shape index (κ2) is 8.31. The lowest BCUT2D eigenvalue weighted by Crippen LogP contribution is -2.41. The maximum atomic E-state index is 12.1. The van der Waals surface area contributed by atoms with Crippen molar-refractivity contribution in [1.29, 1.82) is 0 Å². The van der Waals surface area contributed by atoms with Gasteiger partial charge in [-0.15, -0.1) is 0 Å². The number of rotatable bonds is 6. The smallest absolute Gasteiger partial charge is 0.237 e. The van der Waals surface area contributed by atoms with Gasteiger partial charge in [0.15, 0.2) is 0 Å². The first-order chi connectivity index (χ1) is 11.0. The van der Waals surface area contributed by atoms with E-state index in [1.165, 1.54) is 0 Å². The van der Waals surface area contributed by atoms with E-state index in [0.717, 1.165) is 16.7 Å². The summed E-state index contributed by atoms with van der Waals surface area (Å²) in [5.74, 6) is -0.209. The molecule has 0 unspecified atom stereocenters. The quantitative estimate of drug-likeness (QED) is 0.748. The molecule has 1 atom stereocenters. The second-order valence-electron chi connectivity index (χ2n) is 5.30. The Hall–Kier alpha value is -1.59. The van der Waals surface area contributed by atoms with E-state index in [2.05, 4.69) is 5.32 Å². The van der Waals surface area contributed by atoms with Crippen LogP contribution in [-0.4, -0.2) is 11.9 Å². The predicted molar refractivity (Wildman–Crippen MR) is 94.3 cm³/mol. The Labute approximate surface area is 145 Å². The van der Waals surface area contributed by atoms with Crippen LogP contribution in [0.5, 0.6) is 0 Å². The highest BCUT2D eigenvalue weighted by Gasteiger charge is 2.14. The molecule has 0 aliphatic carbocycles. The van der Waals surface area contributed by atoms with Crippen LogP contribution >= 0.6 is 23.2 Å². The van der Waals surface area contributed by atoms with Crippen LogP contribution in [0.15, 0.2) is 42.5 Å². The van der Waals surface area contributed by atoms with Gasteiger partial charge in [0.05, 0.1) is 16.1 Å². The highest BCUT2D eigenvalue weighted by Crippen LogP contribution is 2.23. The monoisotopic (exact) mass is 351 g/mol. The summed E-state index contributed by atoms with van der Waals surface area (Å²) in [6.07, 6.45) is 0.398. The molecule has 0 radical (unpaired) electrons. The largest absolute Gasteiger partial charge is 0.351 e. The van der Waals surface area contributed by atoms with E-state index in [1.54, 1.807) is 12.1 Å². The normalized spacial score (nSPS) is 12.0. The first kappa shape index (κ1) is 17.8. The topological polar surface area (TPSA) is 81.1 Å². The van der Waals surface area contributed by atoms with Gasteiger partial charge in [0.1, 0.15) is 0 Å². The predicted octanol–water partition coefficient (Wildman–Crippen LogP) is 2.64. The molecule has 6 heteroatoms. The molecule has 0 aliphatic heterocycles. The van der Waals surface area contributed by atoms with Crippen molar-refractivity contribution in [3.8, 4) is 0 Å². The molecule has 0 aliphatic rings. The number of hydrogen-bond donors (Lipinski definition) is 3. The van der Waals surface area contributed by atoms with E-state index >= 15 is 0 Å². The molecule has 23 heavy (non-hydrogen) atoms. The summed E-state index contributed by atoms with van der Waals surface area (Å²) in [5, 5.41) is 3.76. The molecule has 122 valence electrons. The lowest BCUT2D eigenvalue weighted by atomic mass is 10.1. The van der Waals surface area contributed by atoms with Crippen molar-refractivity contribution >= 4 is 29.1 Å². The molecule has 5 N–H and O–H groups in total. The standard InChI is InChI=1S/C17H19Cl2N3O/c18-14-6-5-13(7-15(14)19)8-16(21)17(23)22-10-12-3-1-11(9-20)2-4-12/h1-7,16H,8-10,20-21H2,(H,22,23)/t16-/m0/s1. The minimum atomic E-state index is -0.643. The van der Waals surface area contributed by atoms with E-state index in [-0.39, 0.29) is 5.91 Å². The van der Waals surface area contributed by atoms with Crippen LogP contribution in [0.2, 0.25) is 10.0 Å². The maximum absolute atomic E-state index is 12.1. The molecular weight excluding hydrogens is 333 g/mol. The first-order valence-electron chi connectivity index (χ1n) is 7.24. The summed E-state index contributed by atoms with van der Waals surface area (Å²) in [7, 11) is 0. The Balaban J connectivity index is 1.87. The van der Waals surface area contributed by atoms with Crippen LogP contribution < -0.4 is 16.8 Å². The van der Waals surface area contributed by atoms with Crippen LogP contribution in [0.25, 0.3) is 0 Å². The Kier molecular flexibility index (Phi) is 6.42. The summed E-state index contributed by atoms with van der Waals surface area (Å²) in [4.78, 5) is 12.1. The summed E-state index contributed by atoms with van der Waals surface area (Å²) in [5.41, 5.74) is 14.4. The van der Waals surface area contributed by atoms with E-state index in [0.29, 0.717) is 29.6 Å². The van der Waals surface area contributed by atoms with E-state index in [4.69, 9.17) is 34.7 Å². The van der Waals surface area contributed by atoms with Crippen molar-refractivity contribution in [2.45, 2.75) is 25.6 Å². The third kappa shape index (κ3) is 5.22. The molecule has 0 fully saturated rings. The van der Waals surface area contributed by atoms with Crippen LogP contribution in [0, 0.1) is 0 Å². The number of carbonyl (C=O) groups is 1. The lowest BCUT2D eigenvalue weighted by molar-refractivity contribution is -0.122. The number of nitrogens with two attached hydrogens (primary N) is 2. The van der Waals surface area contributed by atoms with Crippen molar-refractivity contribution in [3.63, 3.8) is 0 Å². The fraction of sp³-hybridized carbons (Fsp3) is 0.235. The lowest BCUT2D eigenvalue weighted by Gasteiger charge is -2.13. The molecule has 4 nitrogen and oxygen atoms in total. The van der Waals surface area contributed by atoms with Gasteiger partial charge in [0, 0.05) is 13.1 Å². The highest BCUT2D eigenvalue weighted by atomic mass is 35.5. The third-order valence-corrected chi connectivity index (χ3v) is 4.24. The van der Waals surface area contributed by atoms with Crippen LogP contribution in [0.3, 0.4) is 0 Å². The van der Waals surface area contributed by atoms with Crippen molar-refractivity contribution in [3.05, 3.63) is 69.2 Å². The van der Waals surface area contributed by atoms with Crippen LogP contribution in [-0.2, 0) is 24.3 Å². The second-order valence-corrected chi connectivity index (χ2v) is 6.11. The van der Waals surface area contributed by atoms with Gasteiger partial charge in [-0.1, -0.05) is 53.5 Å². The van der Waals surface area contributed by atoms with Gasteiger partial charge in [-0.25, -0.2) is 0 Å². The van der Waals surface area contributed by atoms with E-state index < -0.39 is 6.04 Å². The number of hydrogen-bond acceptors (Lipinski definition) is 3. The minimum Gasteiger partial charge on any atom is -0.351 e. The van der Waals surface area contributed by atoms with Gasteiger partial charge in [-0.3, -0.25) is 4.79 Å². The molecule has 0 bridgehead atoms. The number of amides is 1. The fourth-order valence-corrected chi connectivity index (χ4v) is 2.45. The average molecular weight is 352 g/mol. The Morgan fingerprint density at radius 1 is 1.00 bits per heavy atom. The maximum Gasteiger partial charge on any atom is 0.237 e. The third-order valence-electron chi connectivity index (χ3n) is 3.50.